The highest BCUT2D eigenvalue weighted by atomic mass is 15.1. The van der Waals surface area contributed by atoms with Crippen molar-refractivity contribution in [2.45, 2.75) is 39.7 Å². The van der Waals surface area contributed by atoms with E-state index in [-0.39, 0.29) is 0 Å². The summed E-state index contributed by atoms with van der Waals surface area (Å²) in [6.07, 6.45) is 2.27. The van der Waals surface area contributed by atoms with Crippen LogP contribution < -0.4 is 5.32 Å². The van der Waals surface area contributed by atoms with Crippen LogP contribution in [0.2, 0.25) is 0 Å². The molecule has 0 radical (unpaired) electrons. The molecule has 1 N–H and O–H groups in total. The topological polar surface area (TPSA) is 15.3 Å². The number of aryl methyl sites for hydroxylation is 1. The fourth-order valence-electron chi connectivity index (χ4n) is 1.92. The zero-order valence-corrected chi connectivity index (χ0v) is 12.4. The normalized spacial score (nSPS) is 11.4. The monoisotopic (exact) mass is 248 g/mol. The quantitative estimate of drug-likeness (QED) is 0.761. The zero-order chi connectivity index (χ0) is 13.4. The first-order chi connectivity index (χ1) is 8.61. The summed E-state index contributed by atoms with van der Waals surface area (Å²) in [5, 5.41) is 3.45. The molecule has 1 rings (SSSR count). The molecule has 0 aromatic heterocycles. The number of likely N-dealkylation sites (N-methyl/N-ethyl adjacent to an activating group) is 1. The summed E-state index contributed by atoms with van der Waals surface area (Å²) < 4.78 is 0. The molecule has 0 aliphatic carbocycles. The molecule has 0 fully saturated rings. The van der Waals surface area contributed by atoms with E-state index in [0.717, 1.165) is 32.5 Å². The maximum atomic E-state index is 3.45. The molecule has 0 unspecified atom stereocenters. The van der Waals surface area contributed by atoms with Gasteiger partial charge in [0.15, 0.2) is 0 Å². The number of rotatable bonds is 8. The largest absolute Gasteiger partial charge is 0.313 e. The highest BCUT2D eigenvalue weighted by molar-refractivity contribution is 5.22. The Balaban J connectivity index is 2.22. The SMILES string of the molecule is CCc1ccc(CCN(C)CCNC(C)C)cc1. The lowest BCUT2D eigenvalue weighted by Crippen LogP contribution is -2.33. The van der Waals surface area contributed by atoms with E-state index in [9.17, 15) is 0 Å². The first-order valence-electron chi connectivity index (χ1n) is 7.11. The van der Waals surface area contributed by atoms with Gasteiger partial charge in [-0.3, -0.25) is 0 Å². The predicted molar refractivity (Wildman–Crippen MR) is 80.2 cm³/mol. The standard InChI is InChI=1S/C16H28N2/c1-5-15-6-8-16(9-7-15)10-12-18(4)13-11-17-14(2)3/h6-9,14,17H,5,10-13H2,1-4H3. The predicted octanol–water partition coefficient (Wildman–Crippen LogP) is 2.72. The van der Waals surface area contributed by atoms with E-state index in [1.54, 1.807) is 0 Å². The second-order valence-electron chi connectivity index (χ2n) is 5.33. The molecule has 0 saturated carbocycles. The molecule has 2 nitrogen and oxygen atoms in total. The molecule has 2 heteroatoms. The van der Waals surface area contributed by atoms with Crippen LogP contribution in [0.5, 0.6) is 0 Å². The molecule has 0 amide bonds. The van der Waals surface area contributed by atoms with E-state index < -0.39 is 0 Å². The first-order valence-corrected chi connectivity index (χ1v) is 7.11. The van der Waals surface area contributed by atoms with Gasteiger partial charge in [0.05, 0.1) is 0 Å². The van der Waals surface area contributed by atoms with Gasteiger partial charge in [-0.05, 0) is 31.0 Å². The van der Waals surface area contributed by atoms with Gasteiger partial charge in [-0.25, -0.2) is 0 Å². The Morgan fingerprint density at radius 2 is 1.67 bits per heavy atom. The van der Waals surface area contributed by atoms with Crippen molar-refractivity contribution in [3.05, 3.63) is 35.4 Å². The Morgan fingerprint density at radius 3 is 2.22 bits per heavy atom. The van der Waals surface area contributed by atoms with Gasteiger partial charge in [0, 0.05) is 25.7 Å². The second-order valence-corrected chi connectivity index (χ2v) is 5.33. The number of hydrogen-bond acceptors (Lipinski definition) is 2. The average molecular weight is 248 g/mol. The molecule has 0 aliphatic rings. The van der Waals surface area contributed by atoms with Gasteiger partial charge in [0.2, 0.25) is 0 Å². The molecule has 0 atom stereocenters. The highest BCUT2D eigenvalue weighted by Gasteiger charge is 2.00. The van der Waals surface area contributed by atoms with Crippen LogP contribution in [0.1, 0.15) is 31.9 Å². The van der Waals surface area contributed by atoms with Crippen molar-refractivity contribution in [3.8, 4) is 0 Å². The molecule has 0 spiro atoms. The van der Waals surface area contributed by atoms with Crippen molar-refractivity contribution in [1.29, 1.82) is 0 Å². The summed E-state index contributed by atoms with van der Waals surface area (Å²) in [7, 11) is 2.20. The fourth-order valence-corrected chi connectivity index (χ4v) is 1.92. The van der Waals surface area contributed by atoms with Crippen molar-refractivity contribution in [2.75, 3.05) is 26.7 Å². The Kier molecular flexibility index (Phi) is 6.99. The van der Waals surface area contributed by atoms with Crippen molar-refractivity contribution in [3.63, 3.8) is 0 Å². The maximum Gasteiger partial charge on any atom is 0.0104 e. The molecular weight excluding hydrogens is 220 g/mol. The van der Waals surface area contributed by atoms with Crippen molar-refractivity contribution < 1.29 is 0 Å². The summed E-state index contributed by atoms with van der Waals surface area (Å²) >= 11 is 0. The molecular formula is C16H28N2. The van der Waals surface area contributed by atoms with E-state index in [1.807, 2.05) is 0 Å². The van der Waals surface area contributed by atoms with E-state index in [0.29, 0.717) is 6.04 Å². The Morgan fingerprint density at radius 1 is 1.06 bits per heavy atom. The smallest absolute Gasteiger partial charge is 0.0104 e. The zero-order valence-electron chi connectivity index (χ0n) is 12.4. The number of nitrogens with one attached hydrogen (secondary N) is 1. The van der Waals surface area contributed by atoms with Crippen LogP contribution >= 0.6 is 0 Å². The van der Waals surface area contributed by atoms with E-state index >= 15 is 0 Å². The third-order valence-corrected chi connectivity index (χ3v) is 3.26. The van der Waals surface area contributed by atoms with Crippen LogP contribution in [-0.2, 0) is 12.8 Å². The third-order valence-electron chi connectivity index (χ3n) is 3.26. The average Bonchev–Trinajstić information content (AvgIpc) is 2.36. The lowest BCUT2D eigenvalue weighted by atomic mass is 10.1. The van der Waals surface area contributed by atoms with Gasteiger partial charge in [0.1, 0.15) is 0 Å². The molecule has 1 aromatic carbocycles. The highest BCUT2D eigenvalue weighted by Crippen LogP contribution is 2.06. The van der Waals surface area contributed by atoms with Crippen LogP contribution in [0.15, 0.2) is 24.3 Å². The molecule has 0 heterocycles. The second kappa shape index (κ2) is 8.28. The summed E-state index contributed by atoms with van der Waals surface area (Å²) in [5.41, 5.74) is 2.86. The van der Waals surface area contributed by atoms with Crippen LogP contribution in [0, 0.1) is 0 Å². The van der Waals surface area contributed by atoms with Crippen molar-refractivity contribution in [2.24, 2.45) is 0 Å². The molecule has 0 aliphatic heterocycles. The molecule has 1 aromatic rings. The minimum absolute atomic E-state index is 0.583. The summed E-state index contributed by atoms with van der Waals surface area (Å²) in [5.74, 6) is 0. The molecule has 18 heavy (non-hydrogen) atoms. The van der Waals surface area contributed by atoms with Gasteiger partial charge in [-0.2, -0.15) is 0 Å². The van der Waals surface area contributed by atoms with Crippen molar-refractivity contribution >= 4 is 0 Å². The lowest BCUT2D eigenvalue weighted by molar-refractivity contribution is 0.331. The molecule has 0 saturated heterocycles. The molecule has 0 bridgehead atoms. The van der Waals surface area contributed by atoms with E-state index in [4.69, 9.17) is 0 Å². The lowest BCUT2D eigenvalue weighted by Gasteiger charge is -2.18. The van der Waals surface area contributed by atoms with E-state index in [1.165, 1.54) is 11.1 Å². The van der Waals surface area contributed by atoms with Gasteiger partial charge in [-0.1, -0.05) is 45.0 Å². The summed E-state index contributed by atoms with van der Waals surface area (Å²) in [6.45, 7) is 9.90. The van der Waals surface area contributed by atoms with Crippen LogP contribution in [0.4, 0.5) is 0 Å². The minimum Gasteiger partial charge on any atom is -0.313 e. The Bertz CT molecular complexity index is 316. The third kappa shape index (κ3) is 6.18. The first kappa shape index (κ1) is 15.2. The van der Waals surface area contributed by atoms with Gasteiger partial charge in [-0.15, -0.1) is 0 Å². The number of nitrogens with zero attached hydrogens (tertiary/aromatic N) is 1. The minimum atomic E-state index is 0.583. The summed E-state index contributed by atoms with van der Waals surface area (Å²) in [6, 6.07) is 9.60. The van der Waals surface area contributed by atoms with Gasteiger partial charge >= 0.3 is 0 Å². The van der Waals surface area contributed by atoms with Gasteiger partial charge in [0.25, 0.3) is 0 Å². The number of benzene rings is 1. The summed E-state index contributed by atoms with van der Waals surface area (Å²) in [4.78, 5) is 2.39. The van der Waals surface area contributed by atoms with E-state index in [2.05, 4.69) is 62.3 Å². The molecule has 102 valence electrons. The van der Waals surface area contributed by atoms with Crippen LogP contribution in [0.3, 0.4) is 0 Å². The van der Waals surface area contributed by atoms with Crippen LogP contribution in [-0.4, -0.2) is 37.6 Å². The van der Waals surface area contributed by atoms with Crippen molar-refractivity contribution in [1.82, 2.24) is 10.2 Å². The Labute approximate surface area is 112 Å². The number of hydrogen-bond donors (Lipinski definition) is 1. The van der Waals surface area contributed by atoms with Crippen LogP contribution in [0.25, 0.3) is 0 Å². The maximum absolute atomic E-state index is 3.45. The van der Waals surface area contributed by atoms with Gasteiger partial charge < -0.3 is 10.2 Å². The Hall–Kier alpha value is -0.860. The fraction of sp³-hybridized carbons (Fsp3) is 0.625.